The van der Waals surface area contributed by atoms with Crippen LogP contribution < -0.4 is 0 Å². The van der Waals surface area contributed by atoms with Crippen LogP contribution in [-0.2, 0) is 9.59 Å². The molecule has 0 bridgehead atoms. The predicted octanol–water partition coefficient (Wildman–Crippen LogP) is 2.41. The summed E-state index contributed by atoms with van der Waals surface area (Å²) in [7, 11) is 0. The normalized spacial score (nSPS) is 11.2. The Hall–Kier alpha value is -1.50. The molecule has 0 aliphatic rings. The number of carbonyl (C=O) groups excluding carboxylic acids is 3. The zero-order valence-electron chi connectivity index (χ0n) is 8.41. The maximum absolute atomic E-state index is 11.8. The zero-order chi connectivity index (χ0) is 13.1. The average molecular weight is 264 g/mol. The van der Waals surface area contributed by atoms with Crippen molar-refractivity contribution in [2.24, 2.45) is 0 Å². The maximum Gasteiger partial charge on any atom is 0.450 e. The Morgan fingerprint density at radius 1 is 1.18 bits per heavy atom. The second kappa shape index (κ2) is 5.22. The molecule has 0 N–H and O–H groups in total. The number of thiophene rings is 1. The fourth-order valence-electron chi connectivity index (χ4n) is 1.05. The van der Waals surface area contributed by atoms with Gasteiger partial charge in [0.25, 0.3) is 0 Å². The van der Waals surface area contributed by atoms with Crippen molar-refractivity contribution in [1.82, 2.24) is 0 Å². The summed E-state index contributed by atoms with van der Waals surface area (Å²) < 4.78 is 35.5. The van der Waals surface area contributed by atoms with Crippen molar-refractivity contribution < 1.29 is 27.6 Å². The first-order valence-corrected chi connectivity index (χ1v) is 5.37. The van der Waals surface area contributed by atoms with Crippen LogP contribution in [0, 0.1) is 0 Å². The molecule has 92 valence electrons. The second-order valence-corrected chi connectivity index (χ2v) is 4.16. The standard InChI is InChI=1S/C10H7F3O3S/c11-10(12,13)9(16)5-6(14)4-7(15)8-2-1-3-17-8/h1-3H,4-5H2. The monoisotopic (exact) mass is 264 g/mol. The smallest absolute Gasteiger partial charge is 0.299 e. The number of hydrogen-bond donors (Lipinski definition) is 0. The highest BCUT2D eigenvalue weighted by molar-refractivity contribution is 7.12. The van der Waals surface area contributed by atoms with Gasteiger partial charge in [0.1, 0.15) is 5.78 Å². The summed E-state index contributed by atoms with van der Waals surface area (Å²) >= 11 is 1.09. The number of rotatable bonds is 5. The highest BCUT2D eigenvalue weighted by atomic mass is 32.1. The van der Waals surface area contributed by atoms with Crippen LogP contribution in [0.25, 0.3) is 0 Å². The van der Waals surface area contributed by atoms with Crippen molar-refractivity contribution in [2.45, 2.75) is 19.0 Å². The molecular formula is C10H7F3O3S. The van der Waals surface area contributed by atoms with Crippen LogP contribution in [0.2, 0.25) is 0 Å². The van der Waals surface area contributed by atoms with Gasteiger partial charge in [0.15, 0.2) is 5.78 Å². The van der Waals surface area contributed by atoms with Gasteiger partial charge in [-0.25, -0.2) is 0 Å². The molecule has 0 aliphatic carbocycles. The van der Waals surface area contributed by atoms with Gasteiger partial charge >= 0.3 is 6.18 Å². The molecule has 17 heavy (non-hydrogen) atoms. The van der Waals surface area contributed by atoms with Crippen LogP contribution >= 0.6 is 11.3 Å². The van der Waals surface area contributed by atoms with Crippen molar-refractivity contribution in [3.8, 4) is 0 Å². The molecule has 0 saturated heterocycles. The van der Waals surface area contributed by atoms with Gasteiger partial charge in [-0.2, -0.15) is 13.2 Å². The molecule has 1 aromatic heterocycles. The summed E-state index contributed by atoms with van der Waals surface area (Å²) in [6.45, 7) is 0. The lowest BCUT2D eigenvalue weighted by molar-refractivity contribution is -0.171. The first-order valence-electron chi connectivity index (χ1n) is 4.49. The van der Waals surface area contributed by atoms with Gasteiger partial charge in [-0.3, -0.25) is 14.4 Å². The van der Waals surface area contributed by atoms with Gasteiger partial charge in [-0.15, -0.1) is 11.3 Å². The Bertz CT molecular complexity index is 434. The Morgan fingerprint density at radius 3 is 2.29 bits per heavy atom. The second-order valence-electron chi connectivity index (χ2n) is 3.21. The lowest BCUT2D eigenvalue weighted by atomic mass is 10.1. The van der Waals surface area contributed by atoms with Crippen molar-refractivity contribution >= 4 is 28.7 Å². The molecule has 1 aromatic rings. The molecule has 0 atom stereocenters. The molecule has 1 heterocycles. The van der Waals surface area contributed by atoms with Gasteiger partial charge < -0.3 is 0 Å². The number of hydrogen-bond acceptors (Lipinski definition) is 4. The molecule has 0 aromatic carbocycles. The van der Waals surface area contributed by atoms with Crippen LogP contribution in [0.5, 0.6) is 0 Å². The fraction of sp³-hybridized carbons (Fsp3) is 0.300. The summed E-state index contributed by atoms with van der Waals surface area (Å²) in [6, 6.07) is 3.05. The van der Waals surface area contributed by atoms with E-state index in [1.807, 2.05) is 0 Å². The van der Waals surface area contributed by atoms with E-state index in [-0.39, 0.29) is 4.88 Å². The van der Waals surface area contributed by atoms with E-state index in [1.54, 1.807) is 11.4 Å². The third kappa shape index (κ3) is 4.10. The largest absolute Gasteiger partial charge is 0.450 e. The first-order chi connectivity index (χ1) is 7.80. The highest BCUT2D eigenvalue weighted by Gasteiger charge is 2.39. The quantitative estimate of drug-likeness (QED) is 0.606. The van der Waals surface area contributed by atoms with Crippen molar-refractivity contribution in [2.75, 3.05) is 0 Å². The Labute approximate surface area is 98.2 Å². The Balaban J connectivity index is 2.51. The number of alkyl halides is 3. The van der Waals surface area contributed by atoms with Gasteiger partial charge in [-0.1, -0.05) is 6.07 Å². The van der Waals surface area contributed by atoms with Gasteiger partial charge in [-0.05, 0) is 11.4 Å². The van der Waals surface area contributed by atoms with Gasteiger partial charge in [0, 0.05) is 0 Å². The lowest BCUT2D eigenvalue weighted by Crippen LogP contribution is -2.26. The molecule has 0 fully saturated rings. The van der Waals surface area contributed by atoms with E-state index in [9.17, 15) is 27.6 Å². The zero-order valence-corrected chi connectivity index (χ0v) is 9.23. The summed E-state index contributed by atoms with van der Waals surface area (Å²) in [4.78, 5) is 33.2. The van der Waals surface area contributed by atoms with E-state index in [0.29, 0.717) is 0 Å². The third-order valence-corrected chi connectivity index (χ3v) is 2.74. The fourth-order valence-corrected chi connectivity index (χ4v) is 1.71. The molecular weight excluding hydrogens is 257 g/mol. The van der Waals surface area contributed by atoms with E-state index in [0.717, 1.165) is 11.3 Å². The lowest BCUT2D eigenvalue weighted by Gasteiger charge is -2.03. The number of ketones is 3. The van der Waals surface area contributed by atoms with Gasteiger partial charge in [0.05, 0.1) is 17.7 Å². The van der Waals surface area contributed by atoms with Crippen LogP contribution in [-0.4, -0.2) is 23.5 Å². The van der Waals surface area contributed by atoms with E-state index < -0.39 is 36.4 Å². The van der Waals surface area contributed by atoms with Crippen molar-refractivity contribution in [3.05, 3.63) is 22.4 Å². The molecule has 0 unspecified atom stereocenters. The maximum atomic E-state index is 11.8. The first kappa shape index (κ1) is 13.6. The Morgan fingerprint density at radius 2 is 1.82 bits per heavy atom. The van der Waals surface area contributed by atoms with E-state index in [1.165, 1.54) is 6.07 Å². The minimum Gasteiger partial charge on any atom is -0.299 e. The topological polar surface area (TPSA) is 51.2 Å². The molecule has 0 spiro atoms. The summed E-state index contributed by atoms with van der Waals surface area (Å²) in [5.74, 6) is -3.72. The number of Topliss-reactive ketones (excluding diaryl/α,β-unsaturated/α-hetero) is 3. The minimum absolute atomic E-state index is 0.290. The van der Waals surface area contributed by atoms with Crippen LogP contribution in [0.1, 0.15) is 22.5 Å². The summed E-state index contributed by atoms with van der Waals surface area (Å²) in [5, 5.41) is 1.61. The molecule has 0 amide bonds. The third-order valence-electron chi connectivity index (χ3n) is 1.83. The predicted molar refractivity (Wildman–Crippen MR) is 54.0 cm³/mol. The van der Waals surface area contributed by atoms with E-state index in [2.05, 4.69) is 0 Å². The summed E-state index contributed by atoms with van der Waals surface area (Å²) in [6.07, 6.45) is -6.98. The van der Waals surface area contributed by atoms with E-state index >= 15 is 0 Å². The van der Waals surface area contributed by atoms with Crippen LogP contribution in [0.4, 0.5) is 13.2 Å². The molecule has 3 nitrogen and oxygen atoms in total. The molecule has 1 rings (SSSR count). The minimum atomic E-state index is -5.03. The molecule has 7 heteroatoms. The molecule has 0 saturated carbocycles. The number of carbonyl (C=O) groups is 3. The van der Waals surface area contributed by atoms with Crippen molar-refractivity contribution in [3.63, 3.8) is 0 Å². The molecule has 0 radical (unpaired) electrons. The highest BCUT2D eigenvalue weighted by Crippen LogP contribution is 2.19. The van der Waals surface area contributed by atoms with Crippen LogP contribution in [0.3, 0.4) is 0 Å². The van der Waals surface area contributed by atoms with Gasteiger partial charge in [0.2, 0.25) is 5.78 Å². The van der Waals surface area contributed by atoms with Crippen molar-refractivity contribution in [1.29, 1.82) is 0 Å². The molecule has 0 aliphatic heterocycles. The SMILES string of the molecule is O=C(CC(=O)c1cccs1)CC(=O)C(F)(F)F. The Kier molecular flexibility index (Phi) is 4.17. The van der Waals surface area contributed by atoms with Crippen LogP contribution in [0.15, 0.2) is 17.5 Å². The number of halogens is 3. The van der Waals surface area contributed by atoms with E-state index in [4.69, 9.17) is 0 Å². The summed E-state index contributed by atoms with van der Waals surface area (Å²) in [5.41, 5.74) is 0. The average Bonchev–Trinajstić information content (AvgIpc) is 2.68.